The van der Waals surface area contributed by atoms with E-state index in [1.807, 2.05) is 0 Å². The third kappa shape index (κ3) is 7.92. The Morgan fingerprint density at radius 1 is 0.481 bits per heavy atom. The van der Waals surface area contributed by atoms with Crippen LogP contribution in [-0.2, 0) is 32.5 Å². The lowest BCUT2D eigenvalue weighted by Crippen LogP contribution is -2.34. The second-order valence-electron chi connectivity index (χ2n) is 26.9. The molecule has 0 spiro atoms. The van der Waals surface area contributed by atoms with E-state index in [0.29, 0.717) is 0 Å². The molecule has 0 atom stereocenters. The fourth-order valence-electron chi connectivity index (χ4n) is 13.8. The maximum atomic E-state index is 7.68. The van der Waals surface area contributed by atoms with Gasteiger partial charge in [-0.25, -0.2) is 0 Å². The van der Waals surface area contributed by atoms with Crippen molar-refractivity contribution in [3.05, 3.63) is 191 Å². The summed E-state index contributed by atoms with van der Waals surface area (Å²) in [5.74, 6) is 1.63. The minimum atomic E-state index is -0.140. The standard InChI is InChI=1S/C72H73N3O2/c1-67(2)34-37-72(11,12)63-53(67)31-30-51-52-40-48(76-61-39-47(38-55-62(61)71(9,10)36-35-69(55,5)6)57-42-54-56(43-73-57)70(7,8)33-32-68(54,3)4)41-60(65(52)77-66(51)63)74-44-75(59-29-20-19-28-58(59)74)64-49(45-22-15-13-16-23-45)26-21-27-50(64)46-24-17-14-18-25-46/h13-31,38-43H,32-37H2,1-12H3. The number of fused-ring (bicyclic) bond motifs is 8. The van der Waals surface area contributed by atoms with Crippen molar-refractivity contribution in [1.82, 2.24) is 9.55 Å². The van der Waals surface area contributed by atoms with Gasteiger partial charge in [0.25, 0.3) is 6.33 Å². The number of nitrogens with zero attached hydrogens (tertiary/aromatic N) is 3. The van der Waals surface area contributed by atoms with Crippen LogP contribution in [0.15, 0.2) is 156 Å². The number of pyridine rings is 1. The van der Waals surface area contributed by atoms with Gasteiger partial charge in [-0.05, 0) is 146 Å². The van der Waals surface area contributed by atoms with E-state index < -0.39 is 0 Å². The smallest absolute Gasteiger partial charge is 0.270 e. The van der Waals surface area contributed by atoms with Crippen molar-refractivity contribution in [3.63, 3.8) is 0 Å². The van der Waals surface area contributed by atoms with Crippen molar-refractivity contribution in [2.45, 2.75) is 154 Å². The highest BCUT2D eigenvalue weighted by Gasteiger charge is 2.43. The number of hydrogen-bond donors (Lipinski definition) is 0. The Labute approximate surface area is 456 Å². The van der Waals surface area contributed by atoms with E-state index in [-0.39, 0.29) is 32.5 Å². The zero-order valence-corrected chi connectivity index (χ0v) is 47.3. The van der Waals surface area contributed by atoms with Crippen LogP contribution in [0.5, 0.6) is 11.5 Å². The van der Waals surface area contributed by atoms with Gasteiger partial charge in [0, 0.05) is 33.7 Å². The van der Waals surface area contributed by atoms with Crippen LogP contribution in [0.3, 0.4) is 0 Å². The molecule has 0 fully saturated rings. The number of ether oxygens (including phenoxy) is 1. The number of benzene rings is 7. The first-order chi connectivity index (χ1) is 36.6. The first-order valence-electron chi connectivity index (χ1n) is 28.2. The molecule has 0 bridgehead atoms. The lowest BCUT2D eigenvalue weighted by Gasteiger charge is -2.43. The first kappa shape index (κ1) is 49.3. The van der Waals surface area contributed by atoms with Crippen LogP contribution in [-0.4, -0.2) is 9.55 Å². The van der Waals surface area contributed by atoms with Gasteiger partial charge in [-0.1, -0.05) is 198 Å². The van der Waals surface area contributed by atoms with E-state index in [1.165, 1.54) is 33.4 Å². The van der Waals surface area contributed by atoms with Crippen molar-refractivity contribution in [2.24, 2.45) is 0 Å². The van der Waals surface area contributed by atoms with Gasteiger partial charge in [0.1, 0.15) is 28.4 Å². The first-order valence-corrected chi connectivity index (χ1v) is 28.2. The van der Waals surface area contributed by atoms with Crippen LogP contribution in [0.4, 0.5) is 0 Å². The summed E-state index contributed by atoms with van der Waals surface area (Å²) in [5.41, 5.74) is 20.2. The molecule has 0 radical (unpaired) electrons. The lowest BCUT2D eigenvalue weighted by molar-refractivity contribution is -0.571. The molecule has 13 rings (SSSR count). The summed E-state index contributed by atoms with van der Waals surface area (Å²) < 4.78 is 19.7. The number of aromatic nitrogens is 3. The number of furan rings is 1. The molecule has 3 heterocycles. The van der Waals surface area contributed by atoms with E-state index in [1.54, 1.807) is 0 Å². The van der Waals surface area contributed by atoms with E-state index in [0.717, 1.165) is 128 Å². The highest BCUT2D eigenvalue weighted by molar-refractivity contribution is 6.09. The van der Waals surface area contributed by atoms with E-state index in [4.69, 9.17) is 14.1 Å². The molecule has 10 aromatic rings. The van der Waals surface area contributed by atoms with Gasteiger partial charge in [0.05, 0.1) is 22.4 Å². The summed E-state index contributed by atoms with van der Waals surface area (Å²) in [6.45, 7) is 28.8. The zero-order chi connectivity index (χ0) is 53.6. The summed E-state index contributed by atoms with van der Waals surface area (Å²) >= 11 is 0. The highest BCUT2D eigenvalue weighted by Crippen LogP contribution is 2.55. The highest BCUT2D eigenvalue weighted by atomic mass is 16.5. The predicted molar refractivity (Wildman–Crippen MR) is 317 cm³/mol. The third-order valence-electron chi connectivity index (χ3n) is 18.9. The van der Waals surface area contributed by atoms with E-state index >= 15 is 0 Å². The second-order valence-corrected chi connectivity index (χ2v) is 26.9. The molecule has 0 amide bonds. The van der Waals surface area contributed by atoms with Gasteiger partial charge in [-0.3, -0.25) is 14.1 Å². The SMILES string of the molecule is CC1(C)CCC(C)(C)c2cc(-c3cc(Oc4cc(-[n+]5[c-]n(-c6c(-c7ccccc7)cccc6-c6ccccc6)c6ccccc65)c5oc6c7c(ccc6c5c4)C(C)(C)CCC7(C)C)c4c(c3)C(C)(C)CCC4(C)C)ncc21. The van der Waals surface area contributed by atoms with Crippen LogP contribution >= 0.6 is 0 Å². The van der Waals surface area contributed by atoms with Gasteiger partial charge >= 0.3 is 0 Å². The van der Waals surface area contributed by atoms with Gasteiger partial charge in [-0.2, -0.15) is 0 Å². The van der Waals surface area contributed by atoms with Gasteiger partial charge in [0.15, 0.2) is 0 Å². The largest absolute Gasteiger partial charge is 0.459 e. The Hall–Kier alpha value is -7.24. The predicted octanol–water partition coefficient (Wildman–Crippen LogP) is 18.8. The Morgan fingerprint density at radius 3 is 1.71 bits per heavy atom. The molecule has 388 valence electrons. The van der Waals surface area contributed by atoms with Crippen molar-refractivity contribution in [3.8, 4) is 56.4 Å². The van der Waals surface area contributed by atoms with Gasteiger partial charge < -0.3 is 9.15 Å². The summed E-state index contributed by atoms with van der Waals surface area (Å²) in [4.78, 5) is 5.31. The van der Waals surface area contributed by atoms with Crippen molar-refractivity contribution >= 4 is 33.0 Å². The average Bonchev–Trinajstić information content (AvgIpc) is 4.16. The molecule has 5 nitrogen and oxygen atoms in total. The van der Waals surface area contributed by atoms with Crippen LogP contribution in [0, 0.1) is 6.33 Å². The third-order valence-corrected chi connectivity index (χ3v) is 18.9. The average molecular weight is 1010 g/mol. The van der Waals surface area contributed by atoms with Crippen LogP contribution in [0.25, 0.3) is 77.9 Å². The molecule has 0 aliphatic heterocycles. The molecule has 0 N–H and O–H groups in total. The minimum Gasteiger partial charge on any atom is -0.459 e. The van der Waals surface area contributed by atoms with Crippen molar-refractivity contribution in [1.29, 1.82) is 0 Å². The molecule has 0 saturated heterocycles. The number of hydrogen-bond acceptors (Lipinski definition) is 3. The zero-order valence-electron chi connectivity index (χ0n) is 47.3. The topological polar surface area (TPSA) is 44.1 Å². The molecular formula is C72H73N3O2. The maximum absolute atomic E-state index is 7.68. The molecule has 0 unspecified atom stereocenters. The number of imidazole rings is 1. The van der Waals surface area contributed by atoms with E-state index in [2.05, 4.69) is 250 Å². The van der Waals surface area contributed by atoms with Gasteiger partial charge in [-0.15, -0.1) is 0 Å². The Balaban J connectivity index is 1.09. The minimum absolute atomic E-state index is 0.0111. The Kier molecular flexibility index (Phi) is 11.0. The van der Waals surface area contributed by atoms with Crippen LogP contribution < -0.4 is 9.30 Å². The van der Waals surface area contributed by atoms with Crippen LogP contribution in [0.2, 0.25) is 0 Å². The van der Waals surface area contributed by atoms with E-state index in [9.17, 15) is 0 Å². The monoisotopic (exact) mass is 1010 g/mol. The fraction of sp³-hybridized carbons (Fsp3) is 0.333. The quantitative estimate of drug-likeness (QED) is 0.118. The molecule has 5 heteroatoms. The summed E-state index contributed by atoms with van der Waals surface area (Å²) in [7, 11) is 0. The van der Waals surface area contributed by atoms with Crippen LogP contribution in [0.1, 0.15) is 155 Å². The lowest BCUT2D eigenvalue weighted by atomic mass is 9.62. The summed E-state index contributed by atoms with van der Waals surface area (Å²) in [6, 6.07) is 53.1. The maximum Gasteiger partial charge on any atom is 0.270 e. The Morgan fingerprint density at radius 2 is 1.05 bits per heavy atom. The van der Waals surface area contributed by atoms with Crippen molar-refractivity contribution < 1.29 is 13.7 Å². The molecule has 3 aromatic heterocycles. The molecular weight excluding hydrogens is 939 g/mol. The summed E-state index contributed by atoms with van der Waals surface area (Å²) in [6.07, 6.45) is 12.8. The molecule has 77 heavy (non-hydrogen) atoms. The molecule has 7 aromatic carbocycles. The Bertz CT molecular complexity index is 3950. The molecule has 3 aliphatic rings. The number of rotatable bonds is 7. The second kappa shape index (κ2) is 17.1. The van der Waals surface area contributed by atoms with Gasteiger partial charge in [0.2, 0.25) is 0 Å². The molecule has 0 saturated carbocycles. The molecule has 3 aliphatic carbocycles. The summed E-state index contributed by atoms with van der Waals surface area (Å²) in [5, 5.41) is 2.12. The van der Waals surface area contributed by atoms with Crippen molar-refractivity contribution in [2.75, 3.05) is 0 Å². The number of para-hydroxylation sites is 3. The fourth-order valence-corrected chi connectivity index (χ4v) is 13.8. The normalized spacial score (nSPS) is 18.4.